The van der Waals surface area contributed by atoms with E-state index in [0.29, 0.717) is 11.3 Å². The van der Waals surface area contributed by atoms with Gasteiger partial charge in [-0.1, -0.05) is 15.9 Å². The van der Waals surface area contributed by atoms with E-state index in [4.69, 9.17) is 5.26 Å². The number of hydrogen-bond acceptors (Lipinski definition) is 7. The van der Waals surface area contributed by atoms with E-state index in [1.165, 1.54) is 0 Å². The summed E-state index contributed by atoms with van der Waals surface area (Å²) in [5, 5.41) is 25.6. The van der Waals surface area contributed by atoms with Crippen molar-refractivity contribution in [3.05, 3.63) is 44.5 Å². The van der Waals surface area contributed by atoms with Crippen molar-refractivity contribution < 1.29 is 4.92 Å². The quantitative estimate of drug-likeness (QED) is 0.644. The topological polar surface area (TPSA) is 117 Å². The average molecular weight is 349 g/mol. The molecule has 0 atom stereocenters. The molecule has 0 radical (unpaired) electrons. The smallest absolute Gasteiger partial charge is 0.329 e. The lowest BCUT2D eigenvalue weighted by atomic mass is 10.2. The summed E-state index contributed by atoms with van der Waals surface area (Å²) in [4.78, 5) is 18.2. The summed E-state index contributed by atoms with van der Waals surface area (Å²) < 4.78 is 0.734. The van der Waals surface area contributed by atoms with Crippen molar-refractivity contribution in [2.24, 2.45) is 0 Å². The van der Waals surface area contributed by atoms with Crippen LogP contribution in [-0.4, -0.2) is 21.9 Å². The molecule has 0 saturated heterocycles. The molecule has 0 fully saturated rings. The maximum Gasteiger partial charge on any atom is 0.329 e. The average Bonchev–Trinajstić information content (AvgIpc) is 2.48. The second-order valence-corrected chi connectivity index (χ2v) is 4.78. The van der Waals surface area contributed by atoms with E-state index >= 15 is 0 Å². The van der Waals surface area contributed by atoms with Gasteiger partial charge in [0.1, 0.15) is 12.3 Å². The Balaban J connectivity index is 2.48. The molecular weight excluding hydrogens is 340 g/mol. The Bertz CT molecular complexity index is 743. The Hall–Kier alpha value is -2.73. The van der Waals surface area contributed by atoms with Crippen LogP contribution in [0.1, 0.15) is 5.56 Å². The number of aromatic nitrogens is 2. The molecule has 1 heterocycles. The molecule has 2 rings (SSSR count). The third-order valence-electron chi connectivity index (χ3n) is 2.54. The van der Waals surface area contributed by atoms with Crippen LogP contribution in [0.4, 0.5) is 23.1 Å². The van der Waals surface area contributed by atoms with E-state index in [2.05, 4.69) is 36.5 Å². The summed E-state index contributed by atoms with van der Waals surface area (Å²) in [6, 6.07) is 6.97. The minimum Gasteiger partial charge on any atom is -0.357 e. The Morgan fingerprint density at radius 3 is 2.86 bits per heavy atom. The predicted octanol–water partition coefficient (Wildman–Crippen LogP) is 2.80. The number of hydrogen-bond donors (Lipinski definition) is 2. The Morgan fingerprint density at radius 1 is 1.48 bits per heavy atom. The summed E-state index contributed by atoms with van der Waals surface area (Å²) >= 11 is 3.26. The molecule has 1 aromatic carbocycles. The van der Waals surface area contributed by atoms with Crippen LogP contribution in [-0.2, 0) is 0 Å². The van der Waals surface area contributed by atoms with Crippen molar-refractivity contribution in [1.29, 1.82) is 5.26 Å². The number of nitro groups is 1. The number of benzene rings is 1. The first-order chi connectivity index (χ1) is 10.0. The van der Waals surface area contributed by atoms with Crippen LogP contribution in [0.3, 0.4) is 0 Å². The molecule has 8 nitrogen and oxygen atoms in total. The first-order valence-electron chi connectivity index (χ1n) is 5.71. The molecule has 0 aliphatic carbocycles. The molecular formula is C12H9BrN6O2. The molecule has 21 heavy (non-hydrogen) atoms. The Kier molecular flexibility index (Phi) is 4.30. The van der Waals surface area contributed by atoms with Crippen molar-refractivity contribution in [3.63, 3.8) is 0 Å². The van der Waals surface area contributed by atoms with Gasteiger partial charge in [0.2, 0.25) is 11.8 Å². The van der Waals surface area contributed by atoms with Crippen LogP contribution in [0, 0.1) is 21.4 Å². The third-order valence-corrected chi connectivity index (χ3v) is 3.04. The Morgan fingerprint density at radius 2 is 2.24 bits per heavy atom. The van der Waals surface area contributed by atoms with Crippen LogP contribution in [0.5, 0.6) is 0 Å². The lowest BCUT2D eigenvalue weighted by Crippen LogP contribution is -2.05. The molecule has 2 N–H and O–H groups in total. The molecule has 1 aromatic heterocycles. The third kappa shape index (κ3) is 3.24. The summed E-state index contributed by atoms with van der Waals surface area (Å²) in [5.74, 6) is 0.247. The van der Waals surface area contributed by atoms with Crippen LogP contribution in [0.25, 0.3) is 0 Å². The normalized spacial score (nSPS) is 9.76. The van der Waals surface area contributed by atoms with Gasteiger partial charge in [0, 0.05) is 11.5 Å². The van der Waals surface area contributed by atoms with Crippen molar-refractivity contribution in [2.45, 2.75) is 0 Å². The number of anilines is 3. The number of nitriles is 1. The fraction of sp³-hybridized carbons (Fsp3) is 0.0833. The molecule has 0 saturated carbocycles. The van der Waals surface area contributed by atoms with Gasteiger partial charge in [-0.25, -0.2) is 4.98 Å². The van der Waals surface area contributed by atoms with Crippen LogP contribution < -0.4 is 10.6 Å². The number of rotatable bonds is 4. The molecule has 0 bridgehead atoms. The molecule has 106 valence electrons. The van der Waals surface area contributed by atoms with E-state index in [9.17, 15) is 10.1 Å². The fourth-order valence-electron chi connectivity index (χ4n) is 1.57. The minimum absolute atomic E-state index is 0.0122. The van der Waals surface area contributed by atoms with Gasteiger partial charge in [0.25, 0.3) is 0 Å². The van der Waals surface area contributed by atoms with Gasteiger partial charge in [-0.15, -0.1) is 0 Å². The van der Waals surface area contributed by atoms with Gasteiger partial charge in [0.05, 0.1) is 16.2 Å². The Labute approximate surface area is 128 Å². The maximum absolute atomic E-state index is 11.0. The minimum atomic E-state index is -0.591. The number of nitrogens with one attached hydrogen (secondary N) is 2. The zero-order chi connectivity index (χ0) is 15.4. The zero-order valence-corrected chi connectivity index (χ0v) is 12.4. The molecule has 0 unspecified atom stereocenters. The van der Waals surface area contributed by atoms with Gasteiger partial charge in [-0.3, -0.25) is 10.1 Å². The second-order valence-electron chi connectivity index (χ2n) is 3.86. The van der Waals surface area contributed by atoms with Gasteiger partial charge < -0.3 is 10.6 Å². The monoisotopic (exact) mass is 348 g/mol. The SMILES string of the molecule is CNc1ncc([N+](=O)[O-])c(Nc2ccc(Br)cc2C#N)n1. The highest BCUT2D eigenvalue weighted by Gasteiger charge is 2.18. The van der Waals surface area contributed by atoms with E-state index in [-0.39, 0.29) is 17.5 Å². The van der Waals surface area contributed by atoms with E-state index in [1.807, 2.05) is 6.07 Å². The largest absolute Gasteiger partial charge is 0.357 e. The highest BCUT2D eigenvalue weighted by atomic mass is 79.9. The van der Waals surface area contributed by atoms with Crippen LogP contribution >= 0.6 is 15.9 Å². The fourth-order valence-corrected chi connectivity index (χ4v) is 1.93. The summed E-state index contributed by atoms with van der Waals surface area (Å²) in [6.45, 7) is 0. The first-order valence-corrected chi connectivity index (χ1v) is 6.50. The molecule has 9 heteroatoms. The van der Waals surface area contributed by atoms with Crippen molar-refractivity contribution in [1.82, 2.24) is 9.97 Å². The molecule has 0 amide bonds. The van der Waals surface area contributed by atoms with Gasteiger partial charge >= 0.3 is 5.69 Å². The summed E-state index contributed by atoms with van der Waals surface area (Å²) in [7, 11) is 1.60. The zero-order valence-electron chi connectivity index (χ0n) is 10.8. The van der Waals surface area contributed by atoms with E-state index in [1.54, 1.807) is 25.2 Å². The molecule has 0 spiro atoms. The van der Waals surface area contributed by atoms with E-state index < -0.39 is 4.92 Å². The highest BCUT2D eigenvalue weighted by Crippen LogP contribution is 2.28. The summed E-state index contributed by atoms with van der Waals surface area (Å²) in [6.07, 6.45) is 1.10. The molecule has 0 aliphatic heterocycles. The highest BCUT2D eigenvalue weighted by molar-refractivity contribution is 9.10. The molecule has 2 aromatic rings. The number of nitrogens with zero attached hydrogens (tertiary/aromatic N) is 4. The van der Waals surface area contributed by atoms with Gasteiger partial charge in [0.15, 0.2) is 0 Å². The van der Waals surface area contributed by atoms with Crippen molar-refractivity contribution >= 4 is 39.1 Å². The van der Waals surface area contributed by atoms with Gasteiger partial charge in [-0.05, 0) is 18.2 Å². The van der Waals surface area contributed by atoms with Crippen molar-refractivity contribution in [2.75, 3.05) is 17.7 Å². The second kappa shape index (κ2) is 6.15. The van der Waals surface area contributed by atoms with Crippen LogP contribution in [0.15, 0.2) is 28.9 Å². The maximum atomic E-state index is 11.0. The molecule has 0 aliphatic rings. The standard InChI is InChI=1S/C12H9BrN6O2/c1-15-12-16-6-10(19(20)21)11(18-12)17-9-3-2-8(13)4-7(9)5-14/h2-4,6H,1H3,(H2,15,16,17,18). The number of halogens is 1. The lowest BCUT2D eigenvalue weighted by molar-refractivity contribution is -0.384. The van der Waals surface area contributed by atoms with Crippen molar-refractivity contribution in [3.8, 4) is 6.07 Å². The van der Waals surface area contributed by atoms with Gasteiger partial charge in [-0.2, -0.15) is 10.2 Å². The lowest BCUT2D eigenvalue weighted by Gasteiger charge is -2.09. The van der Waals surface area contributed by atoms with E-state index in [0.717, 1.165) is 10.7 Å². The van der Waals surface area contributed by atoms with Crippen LogP contribution in [0.2, 0.25) is 0 Å². The first kappa shape index (κ1) is 14.7. The summed E-state index contributed by atoms with van der Waals surface area (Å²) in [5.41, 5.74) is 0.480. The predicted molar refractivity (Wildman–Crippen MR) is 80.4 cm³/mol.